The zero-order valence-corrected chi connectivity index (χ0v) is 11.3. The van der Waals surface area contributed by atoms with E-state index >= 15 is 0 Å². The zero-order chi connectivity index (χ0) is 13.1. The molecule has 4 nitrogen and oxygen atoms in total. The summed E-state index contributed by atoms with van der Waals surface area (Å²) in [7, 11) is 0. The van der Waals surface area contributed by atoms with Gasteiger partial charge in [-0.2, -0.15) is 0 Å². The highest BCUT2D eigenvalue weighted by Crippen LogP contribution is 2.26. The molecular formula is C13H13BrN2O2. The molecule has 18 heavy (non-hydrogen) atoms. The summed E-state index contributed by atoms with van der Waals surface area (Å²) >= 11 is 3.40. The minimum absolute atomic E-state index is 0.285. The fraction of sp³-hybridized carbons (Fsp3) is 0.231. The smallest absolute Gasteiger partial charge is 0.336 e. The van der Waals surface area contributed by atoms with Gasteiger partial charge in [-0.25, -0.2) is 4.79 Å². The Morgan fingerprint density at radius 2 is 2.22 bits per heavy atom. The highest BCUT2D eigenvalue weighted by molar-refractivity contribution is 9.10. The molecule has 2 rings (SSSR count). The fourth-order valence-electron chi connectivity index (χ4n) is 1.85. The Balaban J connectivity index is 2.63. The van der Waals surface area contributed by atoms with Gasteiger partial charge in [0.15, 0.2) is 0 Å². The van der Waals surface area contributed by atoms with Crippen molar-refractivity contribution in [3.63, 3.8) is 0 Å². The molecule has 1 aromatic heterocycles. The SMILES string of the molecule is NCCCc1cc(C(=O)O)c2cccc(Br)c2n1. The maximum atomic E-state index is 11.3. The number of aromatic carboxylic acids is 1. The van der Waals surface area contributed by atoms with Crippen LogP contribution in [0.4, 0.5) is 0 Å². The highest BCUT2D eigenvalue weighted by Gasteiger charge is 2.13. The van der Waals surface area contributed by atoms with Gasteiger partial charge in [-0.1, -0.05) is 12.1 Å². The van der Waals surface area contributed by atoms with Crippen molar-refractivity contribution >= 4 is 32.8 Å². The lowest BCUT2D eigenvalue weighted by atomic mass is 10.1. The predicted molar refractivity (Wildman–Crippen MR) is 73.8 cm³/mol. The van der Waals surface area contributed by atoms with Gasteiger partial charge in [-0.3, -0.25) is 4.98 Å². The van der Waals surface area contributed by atoms with Crippen LogP contribution < -0.4 is 5.73 Å². The standard InChI is InChI=1S/C13H13BrN2O2/c14-11-5-1-4-9-10(13(17)18)7-8(3-2-6-15)16-12(9)11/h1,4-5,7H,2-3,6,15H2,(H,17,18). The Morgan fingerprint density at radius 3 is 2.89 bits per heavy atom. The van der Waals surface area contributed by atoms with Crippen LogP contribution in [0.15, 0.2) is 28.7 Å². The summed E-state index contributed by atoms with van der Waals surface area (Å²) in [6.45, 7) is 0.568. The van der Waals surface area contributed by atoms with Crippen LogP contribution in [0.3, 0.4) is 0 Å². The molecule has 0 fully saturated rings. The third-order valence-electron chi connectivity index (χ3n) is 2.71. The predicted octanol–water partition coefficient (Wildman–Crippen LogP) is 2.59. The van der Waals surface area contributed by atoms with E-state index in [0.717, 1.165) is 16.6 Å². The normalized spacial score (nSPS) is 10.8. The Morgan fingerprint density at radius 1 is 1.44 bits per heavy atom. The number of nitrogens with zero attached hydrogens (tertiary/aromatic N) is 1. The van der Waals surface area contributed by atoms with Gasteiger partial charge < -0.3 is 10.8 Å². The minimum Gasteiger partial charge on any atom is -0.478 e. The van der Waals surface area contributed by atoms with Gasteiger partial charge in [-0.15, -0.1) is 0 Å². The number of aromatic nitrogens is 1. The summed E-state index contributed by atoms with van der Waals surface area (Å²) in [4.78, 5) is 15.8. The summed E-state index contributed by atoms with van der Waals surface area (Å²) in [5.41, 5.74) is 7.19. The highest BCUT2D eigenvalue weighted by atomic mass is 79.9. The second-order valence-electron chi connectivity index (χ2n) is 3.99. The van der Waals surface area contributed by atoms with Crippen molar-refractivity contribution in [2.75, 3.05) is 6.54 Å². The van der Waals surface area contributed by atoms with Crippen molar-refractivity contribution in [1.82, 2.24) is 4.98 Å². The van der Waals surface area contributed by atoms with Gasteiger partial charge in [0.25, 0.3) is 0 Å². The number of rotatable bonds is 4. The molecule has 0 saturated heterocycles. The first-order valence-electron chi connectivity index (χ1n) is 5.65. The van der Waals surface area contributed by atoms with E-state index in [1.165, 1.54) is 0 Å². The Bertz CT molecular complexity index is 599. The van der Waals surface area contributed by atoms with E-state index in [1.54, 1.807) is 18.2 Å². The summed E-state index contributed by atoms with van der Waals surface area (Å²) in [5, 5.41) is 9.90. The van der Waals surface area contributed by atoms with E-state index < -0.39 is 5.97 Å². The first-order valence-corrected chi connectivity index (χ1v) is 6.44. The van der Waals surface area contributed by atoms with Gasteiger partial charge in [0, 0.05) is 15.6 Å². The van der Waals surface area contributed by atoms with Crippen molar-refractivity contribution in [1.29, 1.82) is 0 Å². The quantitative estimate of drug-likeness (QED) is 0.910. The average molecular weight is 309 g/mol. The van der Waals surface area contributed by atoms with E-state index in [-0.39, 0.29) is 5.56 Å². The molecule has 1 aromatic carbocycles. The van der Waals surface area contributed by atoms with Crippen molar-refractivity contribution in [3.8, 4) is 0 Å². The van der Waals surface area contributed by atoms with E-state index in [1.807, 2.05) is 6.07 Å². The van der Waals surface area contributed by atoms with Crippen molar-refractivity contribution in [2.24, 2.45) is 5.73 Å². The monoisotopic (exact) mass is 308 g/mol. The first-order chi connectivity index (χ1) is 8.63. The second-order valence-corrected chi connectivity index (χ2v) is 4.85. The lowest BCUT2D eigenvalue weighted by molar-refractivity contribution is 0.0699. The largest absolute Gasteiger partial charge is 0.478 e. The molecule has 0 aliphatic rings. The van der Waals surface area contributed by atoms with Gasteiger partial charge in [0.1, 0.15) is 0 Å². The maximum Gasteiger partial charge on any atom is 0.336 e. The number of hydrogen-bond donors (Lipinski definition) is 2. The third-order valence-corrected chi connectivity index (χ3v) is 3.35. The molecule has 2 aromatic rings. The number of carboxylic acids is 1. The molecule has 0 saturated carbocycles. The van der Waals surface area contributed by atoms with Crippen LogP contribution in [0.5, 0.6) is 0 Å². The lowest BCUT2D eigenvalue weighted by Crippen LogP contribution is -2.05. The van der Waals surface area contributed by atoms with Crippen LogP contribution in [0.2, 0.25) is 0 Å². The van der Waals surface area contributed by atoms with Gasteiger partial charge in [0.05, 0.1) is 11.1 Å². The molecular weight excluding hydrogens is 296 g/mol. The fourth-order valence-corrected chi connectivity index (χ4v) is 2.31. The maximum absolute atomic E-state index is 11.3. The van der Waals surface area contributed by atoms with Crippen LogP contribution >= 0.6 is 15.9 Å². The summed E-state index contributed by atoms with van der Waals surface area (Å²) < 4.78 is 0.803. The molecule has 0 bridgehead atoms. The van der Waals surface area contributed by atoms with Crippen molar-refractivity contribution in [3.05, 3.63) is 40.0 Å². The Kier molecular flexibility index (Phi) is 3.93. The van der Waals surface area contributed by atoms with E-state index in [2.05, 4.69) is 20.9 Å². The van der Waals surface area contributed by atoms with E-state index in [9.17, 15) is 9.90 Å². The van der Waals surface area contributed by atoms with Crippen LogP contribution in [0.1, 0.15) is 22.5 Å². The average Bonchev–Trinajstić information content (AvgIpc) is 2.36. The molecule has 0 spiro atoms. The number of hydrogen-bond acceptors (Lipinski definition) is 3. The summed E-state index contributed by atoms with van der Waals surface area (Å²) in [5.74, 6) is -0.936. The van der Waals surface area contributed by atoms with Crippen LogP contribution in [0, 0.1) is 0 Å². The number of aryl methyl sites for hydroxylation is 1. The lowest BCUT2D eigenvalue weighted by Gasteiger charge is -2.07. The number of carbonyl (C=O) groups is 1. The topological polar surface area (TPSA) is 76.2 Å². The molecule has 3 N–H and O–H groups in total. The van der Waals surface area contributed by atoms with E-state index in [0.29, 0.717) is 23.9 Å². The number of fused-ring (bicyclic) bond motifs is 1. The van der Waals surface area contributed by atoms with Crippen LogP contribution in [-0.4, -0.2) is 22.6 Å². The molecule has 1 heterocycles. The Labute approximate surface area is 113 Å². The summed E-state index contributed by atoms with van der Waals surface area (Å²) in [6, 6.07) is 7.06. The number of benzene rings is 1. The van der Waals surface area contributed by atoms with Crippen molar-refractivity contribution < 1.29 is 9.90 Å². The van der Waals surface area contributed by atoms with Crippen LogP contribution in [-0.2, 0) is 6.42 Å². The van der Waals surface area contributed by atoms with Crippen LogP contribution in [0.25, 0.3) is 10.9 Å². The first kappa shape index (κ1) is 13.0. The molecule has 0 atom stereocenters. The van der Waals surface area contributed by atoms with Gasteiger partial charge >= 0.3 is 5.97 Å². The molecule has 0 amide bonds. The Hall–Kier alpha value is -1.46. The second kappa shape index (κ2) is 5.46. The number of nitrogens with two attached hydrogens (primary N) is 1. The molecule has 5 heteroatoms. The van der Waals surface area contributed by atoms with Crippen molar-refractivity contribution in [2.45, 2.75) is 12.8 Å². The van der Waals surface area contributed by atoms with E-state index in [4.69, 9.17) is 5.73 Å². The molecule has 0 aliphatic carbocycles. The van der Waals surface area contributed by atoms with Gasteiger partial charge in [0.2, 0.25) is 0 Å². The number of carboxylic acid groups (broad SMARTS) is 1. The number of para-hydroxylation sites is 1. The molecule has 94 valence electrons. The zero-order valence-electron chi connectivity index (χ0n) is 9.69. The van der Waals surface area contributed by atoms with Gasteiger partial charge in [-0.05, 0) is 47.4 Å². The number of pyridine rings is 1. The third kappa shape index (κ3) is 2.52. The summed E-state index contributed by atoms with van der Waals surface area (Å²) in [6.07, 6.45) is 1.48. The molecule has 0 aliphatic heterocycles. The minimum atomic E-state index is -0.936. The molecule has 0 radical (unpaired) electrons. The molecule has 0 unspecified atom stereocenters. The number of halogens is 1.